The Morgan fingerprint density at radius 1 is 0.872 bits per heavy atom. The molecule has 1 heterocycles. The third kappa shape index (κ3) is 5.23. The van der Waals surface area contributed by atoms with Gasteiger partial charge in [0.2, 0.25) is 0 Å². The zero-order valence-corrected chi connectivity index (χ0v) is 25.8. The molecule has 1 aliphatic heterocycles. The Balaban J connectivity index is 1.60. The fraction of sp³-hybridized carbons (Fsp3) is 0.400. The lowest BCUT2D eigenvalue weighted by Crippen LogP contribution is -2.43. The molecule has 0 saturated carbocycles. The predicted octanol–water partition coefficient (Wildman–Crippen LogP) is 7.19. The Morgan fingerprint density at radius 3 is 1.87 bits per heavy atom. The van der Waals surface area contributed by atoms with Crippen LogP contribution in [0.1, 0.15) is 64.9 Å². The van der Waals surface area contributed by atoms with Crippen LogP contribution in [0.4, 0.5) is 0 Å². The minimum atomic E-state index is -4.10. The van der Waals surface area contributed by atoms with Crippen molar-refractivity contribution < 1.29 is 22.2 Å². The fourth-order valence-corrected chi connectivity index (χ4v) is 7.69. The van der Waals surface area contributed by atoms with Gasteiger partial charge in [-0.15, -0.1) is 0 Å². The van der Waals surface area contributed by atoms with Crippen LogP contribution in [0.3, 0.4) is 0 Å². The van der Waals surface area contributed by atoms with E-state index in [1.807, 2.05) is 7.05 Å². The molecule has 6 nitrogen and oxygen atoms in total. The summed E-state index contributed by atoms with van der Waals surface area (Å²) in [5, 5.41) is 0.418. The molecule has 39 heavy (non-hydrogen) atoms. The van der Waals surface area contributed by atoms with Crippen LogP contribution in [0.15, 0.2) is 74.4 Å². The molecule has 0 amide bonds. The summed E-state index contributed by atoms with van der Waals surface area (Å²) >= 11 is 9.38. The van der Waals surface area contributed by atoms with Crippen molar-refractivity contribution >= 4 is 49.2 Å². The van der Waals surface area contributed by atoms with Crippen LogP contribution in [0.2, 0.25) is 5.02 Å². The summed E-state index contributed by atoms with van der Waals surface area (Å²) < 4.78 is 31.6. The number of carbonyl (C=O) groups is 2. The highest BCUT2D eigenvalue weighted by Crippen LogP contribution is 2.54. The molecular formula is C30H31BrClNO5S. The van der Waals surface area contributed by atoms with E-state index in [1.54, 1.807) is 18.2 Å². The van der Waals surface area contributed by atoms with Crippen LogP contribution >= 0.6 is 27.5 Å². The van der Waals surface area contributed by atoms with Crippen molar-refractivity contribution in [2.24, 2.45) is 10.8 Å². The highest BCUT2D eigenvalue weighted by molar-refractivity contribution is 9.10. The molecule has 0 N–H and O–H groups in total. The van der Waals surface area contributed by atoms with Crippen molar-refractivity contribution in [1.82, 2.24) is 4.90 Å². The van der Waals surface area contributed by atoms with Crippen molar-refractivity contribution in [1.29, 1.82) is 0 Å². The molecule has 2 aromatic carbocycles. The molecule has 9 heteroatoms. The standard InChI is InChI=1S/C30H31BrClNO5S/c1-29(2)13-21-27(23(34)15-29)26(28-22(33(21)5)14-30(3,4)16-24(28)35)17-6-11-25(20(31)12-17)38-39(36,37)19-9-7-18(32)8-10-19/h6-12,26H,13-16H2,1-5H3. The van der Waals surface area contributed by atoms with Gasteiger partial charge in [0.25, 0.3) is 0 Å². The van der Waals surface area contributed by atoms with Gasteiger partial charge in [-0.2, -0.15) is 8.42 Å². The van der Waals surface area contributed by atoms with E-state index in [1.165, 1.54) is 24.3 Å². The van der Waals surface area contributed by atoms with E-state index in [-0.39, 0.29) is 33.0 Å². The largest absolute Gasteiger partial charge is 0.378 e. The Bertz CT molecular complexity index is 1520. The number of hydrogen-bond donors (Lipinski definition) is 0. The molecule has 0 bridgehead atoms. The Morgan fingerprint density at radius 2 is 1.38 bits per heavy atom. The Hall–Kier alpha value is -2.42. The van der Waals surface area contributed by atoms with E-state index in [4.69, 9.17) is 15.8 Å². The van der Waals surface area contributed by atoms with Gasteiger partial charge in [0.05, 0.1) is 4.47 Å². The highest BCUT2D eigenvalue weighted by atomic mass is 79.9. The molecule has 0 aromatic heterocycles. The molecule has 5 rings (SSSR count). The predicted molar refractivity (Wildman–Crippen MR) is 154 cm³/mol. The maximum atomic E-state index is 13.7. The lowest BCUT2D eigenvalue weighted by Gasteiger charge is -2.47. The number of Topliss-reactive ketones (excluding diaryl/α,β-unsaturated/α-hetero) is 2. The number of halogens is 2. The Labute approximate surface area is 243 Å². The third-order valence-corrected chi connectivity index (χ3v) is 9.89. The van der Waals surface area contributed by atoms with E-state index in [0.717, 1.165) is 29.8 Å². The fourth-order valence-electron chi connectivity index (χ4n) is 6.03. The molecule has 0 fully saturated rings. The molecule has 206 valence electrons. The number of allylic oxidation sites excluding steroid dienone is 4. The van der Waals surface area contributed by atoms with Crippen molar-refractivity contribution in [2.75, 3.05) is 7.05 Å². The average Bonchev–Trinajstić information content (AvgIpc) is 2.81. The normalized spacial score (nSPS) is 21.2. The van der Waals surface area contributed by atoms with E-state index in [2.05, 4.69) is 48.5 Å². The smallest absolute Gasteiger partial charge is 0.339 e. The molecule has 0 saturated heterocycles. The van der Waals surface area contributed by atoms with Crippen LogP contribution in [0.5, 0.6) is 5.75 Å². The number of hydrogen-bond acceptors (Lipinski definition) is 6. The molecular weight excluding hydrogens is 602 g/mol. The van der Waals surface area contributed by atoms with Gasteiger partial charge in [-0.25, -0.2) is 0 Å². The molecule has 0 spiro atoms. The van der Waals surface area contributed by atoms with Gasteiger partial charge in [-0.05, 0) is 81.6 Å². The SMILES string of the molecule is CN1C2=C(C(=O)CC(C)(C)C2)C(c2ccc(OS(=O)(=O)c3ccc(Cl)cc3)c(Br)c2)C2=C1CC(C)(C)CC2=O. The summed E-state index contributed by atoms with van der Waals surface area (Å²) in [5.41, 5.74) is 3.63. The molecule has 2 aliphatic carbocycles. The third-order valence-electron chi connectivity index (χ3n) is 7.77. The lowest BCUT2D eigenvalue weighted by molar-refractivity contribution is -0.119. The van der Waals surface area contributed by atoms with Crippen molar-refractivity contribution in [3.05, 3.63) is 80.1 Å². The van der Waals surface area contributed by atoms with Crippen molar-refractivity contribution in [3.63, 3.8) is 0 Å². The number of ketones is 2. The van der Waals surface area contributed by atoms with Gasteiger partial charge in [0.1, 0.15) is 4.90 Å². The van der Waals surface area contributed by atoms with Crippen LogP contribution in [-0.2, 0) is 19.7 Å². The monoisotopic (exact) mass is 631 g/mol. The maximum absolute atomic E-state index is 13.7. The second-order valence-corrected chi connectivity index (χ2v) is 15.1. The van der Waals surface area contributed by atoms with E-state index in [9.17, 15) is 18.0 Å². The molecule has 0 radical (unpaired) electrons. The van der Waals surface area contributed by atoms with Gasteiger partial charge in [0.15, 0.2) is 17.3 Å². The molecule has 0 atom stereocenters. The summed E-state index contributed by atoms with van der Waals surface area (Å²) in [6.07, 6.45) is 2.27. The molecule has 2 aromatic rings. The zero-order valence-electron chi connectivity index (χ0n) is 22.6. The molecule has 0 unspecified atom stereocenters. The van der Waals surface area contributed by atoms with Gasteiger partial charge >= 0.3 is 10.1 Å². The average molecular weight is 633 g/mol. The first-order chi connectivity index (χ1) is 18.1. The second kappa shape index (κ2) is 9.60. The topological polar surface area (TPSA) is 80.8 Å². The lowest BCUT2D eigenvalue weighted by atomic mass is 9.64. The summed E-state index contributed by atoms with van der Waals surface area (Å²) in [6.45, 7) is 8.39. The first-order valence-electron chi connectivity index (χ1n) is 12.8. The van der Waals surface area contributed by atoms with Gasteiger partial charge in [-0.3, -0.25) is 9.59 Å². The summed E-state index contributed by atoms with van der Waals surface area (Å²) in [7, 11) is -2.13. The second-order valence-electron chi connectivity index (χ2n) is 12.3. The summed E-state index contributed by atoms with van der Waals surface area (Å²) in [5.74, 6) is -0.318. The molecule has 3 aliphatic rings. The number of nitrogens with zero attached hydrogens (tertiary/aromatic N) is 1. The Kier molecular flexibility index (Phi) is 6.92. The van der Waals surface area contributed by atoms with E-state index in [0.29, 0.717) is 33.5 Å². The van der Waals surface area contributed by atoms with Crippen LogP contribution in [0.25, 0.3) is 0 Å². The van der Waals surface area contributed by atoms with Gasteiger partial charge < -0.3 is 9.08 Å². The maximum Gasteiger partial charge on any atom is 0.339 e. The van der Waals surface area contributed by atoms with E-state index >= 15 is 0 Å². The number of rotatable bonds is 4. The van der Waals surface area contributed by atoms with Crippen LogP contribution in [-0.4, -0.2) is 31.9 Å². The summed E-state index contributed by atoms with van der Waals surface area (Å²) in [4.78, 5) is 29.4. The highest BCUT2D eigenvalue weighted by Gasteiger charge is 2.48. The van der Waals surface area contributed by atoms with E-state index < -0.39 is 16.0 Å². The first-order valence-corrected chi connectivity index (χ1v) is 15.4. The van der Waals surface area contributed by atoms with Crippen LogP contribution in [0, 0.1) is 10.8 Å². The minimum absolute atomic E-state index is 0.0198. The zero-order chi connectivity index (χ0) is 28.5. The van der Waals surface area contributed by atoms with Crippen molar-refractivity contribution in [3.8, 4) is 5.75 Å². The van der Waals surface area contributed by atoms with Gasteiger partial charge in [0, 0.05) is 53.4 Å². The quantitative estimate of drug-likeness (QED) is 0.332. The summed E-state index contributed by atoms with van der Waals surface area (Å²) in [6, 6.07) is 10.8. The first kappa shape index (κ1) is 28.1. The van der Waals surface area contributed by atoms with Gasteiger partial charge in [-0.1, -0.05) is 45.4 Å². The number of carbonyl (C=O) groups excluding carboxylic acids is 2. The van der Waals surface area contributed by atoms with Crippen molar-refractivity contribution in [2.45, 2.75) is 64.2 Å². The van der Waals surface area contributed by atoms with Crippen LogP contribution < -0.4 is 4.18 Å². The number of benzene rings is 2. The minimum Gasteiger partial charge on any atom is -0.378 e.